The summed E-state index contributed by atoms with van der Waals surface area (Å²) < 4.78 is 18.3. The summed E-state index contributed by atoms with van der Waals surface area (Å²) in [6.07, 6.45) is 0.634. The van der Waals surface area contributed by atoms with Crippen LogP contribution in [-0.2, 0) is 24.3 Å². The SMILES string of the molecule is CCc1noc(-c2nnn3c2CO[C@@H](c2ccc(OC)cc2)C3)n1. The molecule has 0 radical (unpaired) electrons. The van der Waals surface area contributed by atoms with Crippen LogP contribution < -0.4 is 4.74 Å². The molecular formula is C16H17N5O3. The van der Waals surface area contributed by atoms with Crippen LogP contribution in [0.4, 0.5) is 0 Å². The first-order valence-corrected chi connectivity index (χ1v) is 7.79. The molecule has 0 N–H and O–H groups in total. The summed E-state index contributed by atoms with van der Waals surface area (Å²) in [5.74, 6) is 1.86. The predicted molar refractivity (Wildman–Crippen MR) is 83.2 cm³/mol. The van der Waals surface area contributed by atoms with Gasteiger partial charge in [-0.25, -0.2) is 4.68 Å². The molecule has 4 rings (SSSR count). The number of fused-ring (bicyclic) bond motifs is 1. The molecule has 1 aliphatic rings. The van der Waals surface area contributed by atoms with E-state index in [-0.39, 0.29) is 6.10 Å². The van der Waals surface area contributed by atoms with Crippen molar-refractivity contribution < 1.29 is 14.0 Å². The number of nitrogens with zero attached hydrogens (tertiary/aromatic N) is 5. The van der Waals surface area contributed by atoms with E-state index in [1.54, 1.807) is 7.11 Å². The Kier molecular flexibility index (Phi) is 3.73. The number of methoxy groups -OCH3 is 1. The van der Waals surface area contributed by atoms with Crippen molar-refractivity contribution in [3.8, 4) is 17.3 Å². The minimum atomic E-state index is -0.0770. The van der Waals surface area contributed by atoms with E-state index < -0.39 is 0 Å². The first-order chi connectivity index (χ1) is 11.8. The summed E-state index contributed by atoms with van der Waals surface area (Å²) in [5, 5.41) is 12.3. The molecule has 0 saturated heterocycles. The summed E-state index contributed by atoms with van der Waals surface area (Å²) in [6.45, 7) is 2.95. The lowest BCUT2D eigenvalue weighted by Gasteiger charge is -2.24. The molecule has 0 amide bonds. The summed E-state index contributed by atoms with van der Waals surface area (Å²) in [5.41, 5.74) is 2.52. The van der Waals surface area contributed by atoms with Crippen LogP contribution in [0, 0.1) is 0 Å². The second-order valence-electron chi connectivity index (χ2n) is 5.51. The molecule has 3 heterocycles. The van der Waals surface area contributed by atoms with Gasteiger partial charge < -0.3 is 14.0 Å². The topological polar surface area (TPSA) is 88.1 Å². The summed E-state index contributed by atoms with van der Waals surface area (Å²) in [7, 11) is 1.65. The van der Waals surface area contributed by atoms with Gasteiger partial charge in [0, 0.05) is 6.42 Å². The molecular weight excluding hydrogens is 310 g/mol. The van der Waals surface area contributed by atoms with Gasteiger partial charge in [-0.2, -0.15) is 4.98 Å². The molecule has 1 atom stereocenters. The fourth-order valence-electron chi connectivity index (χ4n) is 2.69. The molecule has 0 saturated carbocycles. The second kappa shape index (κ2) is 6.04. The van der Waals surface area contributed by atoms with E-state index in [1.165, 1.54) is 0 Å². The van der Waals surface area contributed by atoms with Crippen molar-refractivity contribution in [2.45, 2.75) is 32.6 Å². The lowest BCUT2D eigenvalue weighted by atomic mass is 10.1. The van der Waals surface area contributed by atoms with Gasteiger partial charge in [0.05, 0.1) is 26.0 Å². The average molecular weight is 327 g/mol. The van der Waals surface area contributed by atoms with E-state index in [2.05, 4.69) is 20.5 Å². The number of hydrogen-bond acceptors (Lipinski definition) is 7. The van der Waals surface area contributed by atoms with Gasteiger partial charge in [-0.1, -0.05) is 29.4 Å². The van der Waals surface area contributed by atoms with Crippen LogP contribution in [0.25, 0.3) is 11.6 Å². The highest BCUT2D eigenvalue weighted by Gasteiger charge is 2.27. The first-order valence-electron chi connectivity index (χ1n) is 7.79. The highest BCUT2D eigenvalue weighted by molar-refractivity contribution is 5.49. The zero-order valence-corrected chi connectivity index (χ0v) is 13.5. The van der Waals surface area contributed by atoms with Crippen molar-refractivity contribution in [2.75, 3.05) is 7.11 Å². The van der Waals surface area contributed by atoms with Gasteiger partial charge in [0.2, 0.25) is 0 Å². The Bertz CT molecular complexity index is 840. The highest BCUT2D eigenvalue weighted by atomic mass is 16.5. The predicted octanol–water partition coefficient (Wildman–Crippen LogP) is 2.17. The molecule has 0 bridgehead atoms. The third-order valence-corrected chi connectivity index (χ3v) is 4.07. The van der Waals surface area contributed by atoms with Crippen molar-refractivity contribution in [3.63, 3.8) is 0 Å². The van der Waals surface area contributed by atoms with Crippen LogP contribution in [0.3, 0.4) is 0 Å². The quantitative estimate of drug-likeness (QED) is 0.725. The molecule has 3 aromatic rings. The molecule has 1 aromatic carbocycles. The maximum Gasteiger partial charge on any atom is 0.280 e. The Morgan fingerprint density at radius 3 is 2.83 bits per heavy atom. The van der Waals surface area contributed by atoms with E-state index in [1.807, 2.05) is 35.9 Å². The van der Waals surface area contributed by atoms with Gasteiger partial charge >= 0.3 is 0 Å². The number of aryl methyl sites for hydroxylation is 1. The van der Waals surface area contributed by atoms with E-state index in [4.69, 9.17) is 14.0 Å². The second-order valence-corrected chi connectivity index (χ2v) is 5.51. The third-order valence-electron chi connectivity index (χ3n) is 4.07. The normalized spacial score (nSPS) is 16.8. The van der Waals surface area contributed by atoms with Gasteiger partial charge in [-0.15, -0.1) is 5.10 Å². The Morgan fingerprint density at radius 2 is 2.12 bits per heavy atom. The summed E-state index contributed by atoms with van der Waals surface area (Å²) >= 11 is 0. The van der Waals surface area contributed by atoms with Crippen LogP contribution in [0.15, 0.2) is 28.8 Å². The molecule has 0 aliphatic carbocycles. The van der Waals surface area contributed by atoms with Crippen LogP contribution in [0.5, 0.6) is 5.75 Å². The Hall–Kier alpha value is -2.74. The van der Waals surface area contributed by atoms with Crippen LogP contribution in [-0.4, -0.2) is 32.2 Å². The zero-order chi connectivity index (χ0) is 16.5. The average Bonchev–Trinajstić information content (AvgIpc) is 3.27. The molecule has 1 aliphatic heterocycles. The molecule has 8 heteroatoms. The molecule has 0 unspecified atom stereocenters. The molecule has 0 fully saturated rings. The lowest BCUT2D eigenvalue weighted by Crippen LogP contribution is -2.22. The number of benzene rings is 1. The maximum atomic E-state index is 5.99. The smallest absolute Gasteiger partial charge is 0.280 e. The number of rotatable bonds is 4. The fourth-order valence-corrected chi connectivity index (χ4v) is 2.69. The lowest BCUT2D eigenvalue weighted by molar-refractivity contribution is -0.00119. The fraction of sp³-hybridized carbons (Fsp3) is 0.375. The highest BCUT2D eigenvalue weighted by Crippen LogP contribution is 2.30. The van der Waals surface area contributed by atoms with Crippen LogP contribution in [0.2, 0.25) is 0 Å². The van der Waals surface area contributed by atoms with Crippen LogP contribution in [0.1, 0.15) is 30.1 Å². The van der Waals surface area contributed by atoms with Gasteiger partial charge in [0.25, 0.3) is 5.89 Å². The van der Waals surface area contributed by atoms with Gasteiger partial charge in [-0.05, 0) is 17.7 Å². The van der Waals surface area contributed by atoms with E-state index in [9.17, 15) is 0 Å². The largest absolute Gasteiger partial charge is 0.497 e. The van der Waals surface area contributed by atoms with Crippen LogP contribution >= 0.6 is 0 Å². The first kappa shape index (κ1) is 14.8. The number of aromatic nitrogens is 5. The third kappa shape index (κ3) is 2.54. The standard InChI is InChI=1S/C16H17N5O3/c1-3-14-17-16(24-19-14)15-12-9-23-13(8-21(12)20-18-15)10-4-6-11(22-2)7-5-10/h4-7,13H,3,8-9H2,1-2H3/t13-/m1/s1. The summed E-state index contributed by atoms with van der Waals surface area (Å²) in [6, 6.07) is 7.84. The van der Waals surface area contributed by atoms with Crippen molar-refractivity contribution in [2.24, 2.45) is 0 Å². The molecule has 124 valence electrons. The number of ether oxygens (including phenoxy) is 2. The summed E-state index contributed by atoms with van der Waals surface area (Å²) in [4.78, 5) is 4.31. The van der Waals surface area contributed by atoms with E-state index in [0.29, 0.717) is 37.0 Å². The van der Waals surface area contributed by atoms with Gasteiger partial charge in [0.15, 0.2) is 11.5 Å². The Morgan fingerprint density at radius 1 is 1.29 bits per heavy atom. The zero-order valence-electron chi connectivity index (χ0n) is 13.5. The van der Waals surface area contributed by atoms with Crippen molar-refractivity contribution in [1.29, 1.82) is 0 Å². The molecule has 8 nitrogen and oxygen atoms in total. The van der Waals surface area contributed by atoms with E-state index in [0.717, 1.165) is 17.0 Å². The minimum Gasteiger partial charge on any atom is -0.497 e. The van der Waals surface area contributed by atoms with E-state index >= 15 is 0 Å². The Balaban J connectivity index is 1.57. The molecule has 24 heavy (non-hydrogen) atoms. The van der Waals surface area contributed by atoms with Gasteiger partial charge in [0.1, 0.15) is 11.9 Å². The monoisotopic (exact) mass is 327 g/mol. The maximum absolute atomic E-state index is 5.99. The van der Waals surface area contributed by atoms with Crippen molar-refractivity contribution in [3.05, 3.63) is 41.3 Å². The Labute approximate surface area is 138 Å². The molecule has 0 spiro atoms. The van der Waals surface area contributed by atoms with Crippen molar-refractivity contribution >= 4 is 0 Å². The minimum absolute atomic E-state index is 0.0770. The van der Waals surface area contributed by atoms with Crippen molar-refractivity contribution in [1.82, 2.24) is 25.1 Å². The molecule has 2 aromatic heterocycles. The van der Waals surface area contributed by atoms with Gasteiger partial charge in [-0.3, -0.25) is 0 Å². The number of hydrogen-bond donors (Lipinski definition) is 0.